The number of amides is 2. The first-order chi connectivity index (χ1) is 14.1. The number of nitrogens with zero attached hydrogens (tertiary/aromatic N) is 2. The van der Waals surface area contributed by atoms with Crippen molar-refractivity contribution >= 4 is 23.7 Å². The molecular formula is C22H15FN4O2. The largest absolute Gasteiger partial charge is 0.321 e. The highest BCUT2D eigenvalue weighted by atomic mass is 19.1. The molecule has 3 aromatic rings. The van der Waals surface area contributed by atoms with Gasteiger partial charge in [-0.15, -0.1) is 0 Å². The van der Waals surface area contributed by atoms with Crippen LogP contribution in [0.1, 0.15) is 31.8 Å². The van der Waals surface area contributed by atoms with Gasteiger partial charge in [-0.25, -0.2) is 9.82 Å². The van der Waals surface area contributed by atoms with Crippen molar-refractivity contribution in [3.63, 3.8) is 0 Å². The molecule has 0 aliphatic carbocycles. The second-order valence-electron chi connectivity index (χ2n) is 5.94. The van der Waals surface area contributed by atoms with Gasteiger partial charge in [0.2, 0.25) is 0 Å². The van der Waals surface area contributed by atoms with Crippen LogP contribution in [0.2, 0.25) is 0 Å². The zero-order chi connectivity index (χ0) is 20.6. The monoisotopic (exact) mass is 386 g/mol. The molecule has 3 aromatic carbocycles. The number of halogens is 1. The summed E-state index contributed by atoms with van der Waals surface area (Å²) in [5, 5.41) is 15.3. The molecule has 0 aliphatic heterocycles. The van der Waals surface area contributed by atoms with Gasteiger partial charge in [0.05, 0.1) is 29.1 Å². The number of para-hydroxylation sites is 1. The van der Waals surface area contributed by atoms with Gasteiger partial charge in [-0.2, -0.15) is 10.4 Å². The Morgan fingerprint density at radius 1 is 0.931 bits per heavy atom. The lowest BCUT2D eigenvalue weighted by atomic mass is 10.1. The first-order valence-electron chi connectivity index (χ1n) is 8.56. The number of hydrogen-bond acceptors (Lipinski definition) is 4. The third kappa shape index (κ3) is 5.11. The van der Waals surface area contributed by atoms with E-state index in [-0.39, 0.29) is 11.1 Å². The van der Waals surface area contributed by atoms with E-state index in [9.17, 15) is 14.0 Å². The van der Waals surface area contributed by atoms with E-state index in [4.69, 9.17) is 5.26 Å². The van der Waals surface area contributed by atoms with Crippen molar-refractivity contribution in [3.8, 4) is 6.07 Å². The first-order valence-corrected chi connectivity index (χ1v) is 8.56. The molecule has 0 aromatic heterocycles. The molecule has 29 heavy (non-hydrogen) atoms. The summed E-state index contributed by atoms with van der Waals surface area (Å²) in [6, 6.07) is 20.3. The van der Waals surface area contributed by atoms with E-state index in [0.717, 1.165) is 0 Å². The fourth-order valence-electron chi connectivity index (χ4n) is 2.46. The maximum Gasteiger partial charge on any atom is 0.273 e. The van der Waals surface area contributed by atoms with E-state index in [1.807, 2.05) is 6.07 Å². The smallest absolute Gasteiger partial charge is 0.273 e. The molecule has 0 bridgehead atoms. The van der Waals surface area contributed by atoms with Crippen LogP contribution in [0.25, 0.3) is 0 Å². The zero-order valence-corrected chi connectivity index (χ0v) is 15.1. The lowest BCUT2D eigenvalue weighted by molar-refractivity contribution is 0.0956. The first kappa shape index (κ1) is 19.5. The van der Waals surface area contributed by atoms with Gasteiger partial charge < -0.3 is 5.32 Å². The highest BCUT2D eigenvalue weighted by Gasteiger charge is 2.13. The number of nitriles is 1. The van der Waals surface area contributed by atoms with Crippen LogP contribution < -0.4 is 10.7 Å². The van der Waals surface area contributed by atoms with Crippen LogP contribution in [0.4, 0.5) is 10.1 Å². The topological polar surface area (TPSA) is 94.3 Å². The van der Waals surface area contributed by atoms with Crippen molar-refractivity contribution in [1.82, 2.24) is 5.43 Å². The highest BCUT2D eigenvalue weighted by Crippen LogP contribution is 2.16. The van der Waals surface area contributed by atoms with Gasteiger partial charge in [0.1, 0.15) is 5.82 Å². The number of benzene rings is 3. The van der Waals surface area contributed by atoms with Crippen LogP contribution in [0.3, 0.4) is 0 Å². The van der Waals surface area contributed by atoms with Crippen molar-refractivity contribution in [2.45, 2.75) is 0 Å². The van der Waals surface area contributed by atoms with E-state index in [2.05, 4.69) is 15.8 Å². The number of rotatable bonds is 5. The summed E-state index contributed by atoms with van der Waals surface area (Å²) in [6.45, 7) is 0. The Morgan fingerprint density at radius 2 is 1.62 bits per heavy atom. The molecule has 0 aliphatic rings. The van der Waals surface area contributed by atoms with Crippen LogP contribution in [-0.4, -0.2) is 18.0 Å². The van der Waals surface area contributed by atoms with Crippen molar-refractivity contribution in [3.05, 3.63) is 101 Å². The Labute approximate surface area is 166 Å². The highest BCUT2D eigenvalue weighted by molar-refractivity contribution is 6.09. The maximum atomic E-state index is 13.0. The van der Waals surface area contributed by atoms with E-state index in [0.29, 0.717) is 16.8 Å². The molecule has 2 N–H and O–H groups in total. The van der Waals surface area contributed by atoms with Crippen LogP contribution in [0, 0.1) is 17.1 Å². The zero-order valence-electron chi connectivity index (χ0n) is 15.1. The molecule has 0 heterocycles. The Hall–Kier alpha value is -4.31. The molecule has 6 nitrogen and oxygen atoms in total. The molecule has 0 saturated carbocycles. The van der Waals surface area contributed by atoms with Gasteiger partial charge in [0.15, 0.2) is 0 Å². The van der Waals surface area contributed by atoms with Gasteiger partial charge in [-0.1, -0.05) is 24.3 Å². The van der Waals surface area contributed by atoms with Crippen LogP contribution in [0.5, 0.6) is 0 Å². The summed E-state index contributed by atoms with van der Waals surface area (Å²) in [5.41, 5.74) is 4.42. The fourth-order valence-corrected chi connectivity index (χ4v) is 2.46. The lowest BCUT2D eigenvalue weighted by Gasteiger charge is -2.10. The standard InChI is InChI=1S/C22H15FN4O2/c23-18-11-9-17(10-12-18)21(28)26-20-4-2-1-3-19(20)22(29)27-25-14-16-7-5-15(13-24)6-8-16/h1-12,14H,(H,26,28)(H,27,29)/b25-14+. The summed E-state index contributed by atoms with van der Waals surface area (Å²) in [6.07, 6.45) is 1.44. The second-order valence-corrected chi connectivity index (χ2v) is 5.94. The van der Waals surface area contributed by atoms with Gasteiger partial charge in [0, 0.05) is 5.56 Å². The van der Waals surface area contributed by atoms with Crippen LogP contribution in [-0.2, 0) is 0 Å². The lowest BCUT2D eigenvalue weighted by Crippen LogP contribution is -2.21. The van der Waals surface area contributed by atoms with E-state index < -0.39 is 17.6 Å². The van der Waals surface area contributed by atoms with E-state index in [1.165, 1.54) is 30.5 Å². The minimum absolute atomic E-state index is 0.222. The quantitative estimate of drug-likeness (QED) is 0.517. The average Bonchev–Trinajstić information content (AvgIpc) is 2.75. The number of carbonyl (C=O) groups excluding carboxylic acids is 2. The van der Waals surface area contributed by atoms with Gasteiger partial charge >= 0.3 is 0 Å². The summed E-state index contributed by atoms with van der Waals surface area (Å²) < 4.78 is 13.0. The summed E-state index contributed by atoms with van der Waals surface area (Å²) in [5.74, 6) is -1.42. The van der Waals surface area contributed by atoms with Gasteiger partial charge in [-0.3, -0.25) is 9.59 Å². The molecule has 7 heteroatoms. The SMILES string of the molecule is N#Cc1ccc(/C=N/NC(=O)c2ccccc2NC(=O)c2ccc(F)cc2)cc1. The average molecular weight is 386 g/mol. The molecule has 3 rings (SSSR count). The Kier molecular flexibility index (Phi) is 6.08. The van der Waals surface area contributed by atoms with E-state index in [1.54, 1.807) is 48.5 Å². The predicted octanol–water partition coefficient (Wildman–Crippen LogP) is 3.71. The number of hydrazone groups is 1. The van der Waals surface area contributed by atoms with E-state index >= 15 is 0 Å². The summed E-state index contributed by atoms with van der Waals surface area (Å²) >= 11 is 0. The molecule has 0 radical (unpaired) electrons. The molecule has 0 unspecified atom stereocenters. The molecule has 0 saturated heterocycles. The van der Waals surface area contributed by atoms with Crippen molar-refractivity contribution in [2.75, 3.05) is 5.32 Å². The molecule has 142 valence electrons. The normalized spacial score (nSPS) is 10.3. The second kappa shape index (κ2) is 9.06. The molecular weight excluding hydrogens is 371 g/mol. The molecule has 2 amide bonds. The van der Waals surface area contributed by atoms with Crippen molar-refractivity contribution in [2.24, 2.45) is 5.10 Å². The fraction of sp³-hybridized carbons (Fsp3) is 0. The Morgan fingerprint density at radius 3 is 2.31 bits per heavy atom. The van der Waals surface area contributed by atoms with Crippen LogP contribution >= 0.6 is 0 Å². The number of carbonyl (C=O) groups is 2. The van der Waals surface area contributed by atoms with Gasteiger partial charge in [0.25, 0.3) is 11.8 Å². The van der Waals surface area contributed by atoms with Crippen molar-refractivity contribution in [1.29, 1.82) is 5.26 Å². The third-order valence-electron chi connectivity index (χ3n) is 3.95. The number of nitrogens with one attached hydrogen (secondary N) is 2. The van der Waals surface area contributed by atoms with Gasteiger partial charge in [-0.05, 0) is 54.1 Å². The third-order valence-corrected chi connectivity index (χ3v) is 3.95. The molecule has 0 spiro atoms. The Bertz CT molecular complexity index is 1100. The van der Waals surface area contributed by atoms with Crippen LogP contribution in [0.15, 0.2) is 77.9 Å². The Balaban J connectivity index is 1.69. The predicted molar refractivity (Wildman–Crippen MR) is 107 cm³/mol. The maximum absolute atomic E-state index is 13.0. The molecule has 0 fully saturated rings. The minimum atomic E-state index is -0.509. The van der Waals surface area contributed by atoms with Crippen molar-refractivity contribution < 1.29 is 14.0 Å². The summed E-state index contributed by atoms with van der Waals surface area (Å²) in [4.78, 5) is 24.8. The summed E-state index contributed by atoms with van der Waals surface area (Å²) in [7, 11) is 0. The minimum Gasteiger partial charge on any atom is -0.321 e. The number of anilines is 1. The molecule has 0 atom stereocenters. The number of hydrogen-bond donors (Lipinski definition) is 2.